The molecule has 1 unspecified atom stereocenters. The largest absolute Gasteiger partial charge is 0.492 e. The average molecular weight is 482 g/mol. The lowest BCUT2D eigenvalue weighted by molar-refractivity contribution is -0.0561. The summed E-state index contributed by atoms with van der Waals surface area (Å²) in [6.45, 7) is 7.93. The van der Waals surface area contributed by atoms with Gasteiger partial charge < -0.3 is 25.0 Å². The molecule has 1 saturated heterocycles. The number of aliphatic hydroxyl groups excluding tert-OH is 3. The fourth-order valence-electron chi connectivity index (χ4n) is 4.31. The fourth-order valence-corrected chi connectivity index (χ4v) is 6.90. The van der Waals surface area contributed by atoms with Gasteiger partial charge in [-0.25, -0.2) is 10.9 Å². The van der Waals surface area contributed by atoms with Crippen molar-refractivity contribution in [3.63, 3.8) is 0 Å². The van der Waals surface area contributed by atoms with Crippen molar-refractivity contribution in [1.29, 1.82) is 0 Å². The first-order valence-electron chi connectivity index (χ1n) is 11.3. The molecule has 0 bridgehead atoms. The van der Waals surface area contributed by atoms with Gasteiger partial charge in [0.2, 0.25) is 0 Å². The lowest BCUT2D eigenvalue weighted by atomic mass is 9.96. The maximum Gasteiger partial charge on any atom is 0.119 e. The number of benzene rings is 2. The Hall–Kier alpha value is -1.28. The molecule has 3 N–H and O–H groups in total. The molecule has 32 heavy (non-hydrogen) atoms. The number of likely N-dealkylation sites (N-methyl/N-ethyl adjacent to an activating group) is 1. The normalized spacial score (nSPS) is 26.9. The van der Waals surface area contributed by atoms with E-state index < -0.39 is 29.2 Å². The maximum absolute atomic E-state index is 10.6. The molecule has 1 heterocycles. The zero-order chi connectivity index (χ0) is 23.3. The van der Waals surface area contributed by atoms with Crippen LogP contribution in [0.15, 0.2) is 42.5 Å². The van der Waals surface area contributed by atoms with Crippen LogP contribution in [0.3, 0.4) is 0 Å². The van der Waals surface area contributed by atoms with E-state index in [9.17, 15) is 15.3 Å². The Kier molecular flexibility index (Phi) is 9.29. The molecule has 1 aliphatic heterocycles. The van der Waals surface area contributed by atoms with Gasteiger partial charge in [0, 0.05) is 22.6 Å². The smallest absolute Gasteiger partial charge is 0.119 e. The molecule has 178 valence electrons. The van der Waals surface area contributed by atoms with Crippen molar-refractivity contribution in [3.05, 3.63) is 64.2 Å². The lowest BCUT2D eigenvalue weighted by Crippen LogP contribution is -2.47. The second-order valence-electron chi connectivity index (χ2n) is 8.48. The van der Waals surface area contributed by atoms with Gasteiger partial charge in [-0.3, -0.25) is 0 Å². The number of hydrogen-bond donors (Lipinski definition) is 4. The van der Waals surface area contributed by atoms with Gasteiger partial charge in [0.1, 0.15) is 18.5 Å². The SMILES string of the molecule is CCN(CC)CCOc1ccc(Cc2cc([C@H]3[C@H](O)[C@H](O)[C@H](O)C[SH]3C)ccc2Cl)cc1. The summed E-state index contributed by atoms with van der Waals surface area (Å²) in [5.41, 5.74) is 3.07. The third-order valence-corrected chi connectivity index (χ3v) is 9.19. The van der Waals surface area contributed by atoms with Gasteiger partial charge in [-0.2, -0.15) is 0 Å². The first kappa shape index (κ1) is 25.3. The number of thiol groups is 1. The van der Waals surface area contributed by atoms with Crippen molar-refractivity contribution in [1.82, 2.24) is 4.90 Å². The summed E-state index contributed by atoms with van der Waals surface area (Å²) in [6.07, 6.45) is -0.228. The van der Waals surface area contributed by atoms with E-state index in [4.69, 9.17) is 16.3 Å². The highest BCUT2D eigenvalue weighted by molar-refractivity contribution is 8.16. The number of nitrogens with zero attached hydrogens (tertiary/aromatic N) is 1. The molecular formula is C25H36ClNO4S. The van der Waals surface area contributed by atoms with E-state index in [1.807, 2.05) is 30.3 Å². The second-order valence-corrected chi connectivity index (χ2v) is 11.3. The Bertz CT molecular complexity index is 862. The first-order valence-corrected chi connectivity index (χ1v) is 13.7. The van der Waals surface area contributed by atoms with Gasteiger partial charge in [-0.05, 0) is 60.7 Å². The maximum atomic E-state index is 10.6. The third kappa shape index (κ3) is 6.19. The predicted octanol–water partition coefficient (Wildman–Crippen LogP) is 3.42. The van der Waals surface area contributed by atoms with Crippen molar-refractivity contribution in [3.8, 4) is 5.75 Å². The monoisotopic (exact) mass is 481 g/mol. The summed E-state index contributed by atoms with van der Waals surface area (Å²) in [5, 5.41) is 31.3. The Morgan fingerprint density at radius 1 is 1.03 bits per heavy atom. The van der Waals surface area contributed by atoms with Gasteiger partial charge in [0.25, 0.3) is 0 Å². The van der Waals surface area contributed by atoms with Crippen LogP contribution in [-0.2, 0) is 6.42 Å². The minimum absolute atomic E-state index is 0.180. The molecular weight excluding hydrogens is 446 g/mol. The zero-order valence-corrected chi connectivity index (χ0v) is 20.8. The van der Waals surface area contributed by atoms with E-state index in [2.05, 4.69) is 37.1 Å². The Labute approximate surface area is 199 Å². The van der Waals surface area contributed by atoms with Crippen LogP contribution in [0.2, 0.25) is 5.02 Å². The molecule has 2 aromatic carbocycles. The van der Waals surface area contributed by atoms with E-state index >= 15 is 0 Å². The van der Waals surface area contributed by atoms with Crippen LogP contribution in [0.4, 0.5) is 0 Å². The quantitative estimate of drug-likeness (QED) is 0.413. The lowest BCUT2D eigenvalue weighted by Gasteiger charge is -2.42. The van der Waals surface area contributed by atoms with Crippen LogP contribution in [0.1, 0.15) is 35.8 Å². The van der Waals surface area contributed by atoms with Gasteiger partial charge in [-0.15, -0.1) is 0 Å². The van der Waals surface area contributed by atoms with E-state index in [0.717, 1.165) is 42.1 Å². The van der Waals surface area contributed by atoms with Crippen LogP contribution < -0.4 is 4.74 Å². The minimum Gasteiger partial charge on any atom is -0.492 e. The average Bonchev–Trinajstić information content (AvgIpc) is 2.78. The third-order valence-electron chi connectivity index (χ3n) is 6.32. The molecule has 7 heteroatoms. The summed E-state index contributed by atoms with van der Waals surface area (Å²) in [5.74, 6) is 1.38. The van der Waals surface area contributed by atoms with Crippen molar-refractivity contribution in [2.45, 2.75) is 43.8 Å². The highest BCUT2D eigenvalue weighted by Gasteiger charge is 2.40. The predicted molar refractivity (Wildman–Crippen MR) is 135 cm³/mol. The number of halogens is 1. The number of ether oxygens (including phenoxy) is 1. The molecule has 0 aliphatic carbocycles. The summed E-state index contributed by atoms with van der Waals surface area (Å²) < 4.78 is 5.87. The summed E-state index contributed by atoms with van der Waals surface area (Å²) in [7, 11) is -0.659. The van der Waals surface area contributed by atoms with Gasteiger partial charge in [-0.1, -0.05) is 49.7 Å². The Morgan fingerprint density at radius 2 is 1.72 bits per heavy atom. The zero-order valence-electron chi connectivity index (χ0n) is 19.1. The Morgan fingerprint density at radius 3 is 2.38 bits per heavy atom. The van der Waals surface area contributed by atoms with Crippen molar-refractivity contribution < 1.29 is 20.1 Å². The summed E-state index contributed by atoms with van der Waals surface area (Å²) >= 11 is 6.49. The van der Waals surface area contributed by atoms with E-state index in [-0.39, 0.29) is 5.25 Å². The number of rotatable bonds is 9. The number of aliphatic hydroxyl groups is 3. The van der Waals surface area contributed by atoms with Crippen molar-refractivity contribution in [2.24, 2.45) is 0 Å². The molecule has 0 radical (unpaired) electrons. The fraction of sp³-hybridized carbons (Fsp3) is 0.520. The molecule has 1 aliphatic rings. The van der Waals surface area contributed by atoms with E-state index in [1.54, 1.807) is 0 Å². The van der Waals surface area contributed by atoms with Crippen LogP contribution in [-0.4, -0.2) is 76.8 Å². The van der Waals surface area contributed by atoms with Gasteiger partial charge >= 0.3 is 0 Å². The van der Waals surface area contributed by atoms with E-state index in [0.29, 0.717) is 23.8 Å². The van der Waals surface area contributed by atoms with E-state index in [1.165, 1.54) is 0 Å². The van der Waals surface area contributed by atoms with Crippen molar-refractivity contribution in [2.75, 3.05) is 38.2 Å². The molecule has 0 spiro atoms. The molecule has 1 fully saturated rings. The van der Waals surface area contributed by atoms with Crippen LogP contribution in [0, 0.1) is 0 Å². The highest BCUT2D eigenvalue weighted by Crippen LogP contribution is 2.48. The van der Waals surface area contributed by atoms with Crippen LogP contribution in [0.25, 0.3) is 0 Å². The minimum atomic E-state index is -1.12. The molecule has 5 nitrogen and oxygen atoms in total. The van der Waals surface area contributed by atoms with Crippen molar-refractivity contribution >= 4 is 22.5 Å². The van der Waals surface area contributed by atoms with Gasteiger partial charge in [0.05, 0.1) is 12.2 Å². The first-order chi connectivity index (χ1) is 15.3. The molecule has 0 saturated carbocycles. The standard InChI is InChI=1S/C25H36ClNO4S/c1-4-27(5-2)12-13-31-20-9-6-17(7-10-20)14-19-15-18(8-11-21(19)26)25-24(30)23(29)22(28)16-32(25)3/h6-11,15,22-25,28-30,32H,4-5,12-14,16H2,1-3H3/t22-,23-,24-,25+/m1/s1. The highest BCUT2D eigenvalue weighted by atomic mass is 35.5. The second kappa shape index (κ2) is 11.7. The topological polar surface area (TPSA) is 73.2 Å². The summed E-state index contributed by atoms with van der Waals surface area (Å²) in [4.78, 5) is 2.33. The molecule has 3 rings (SSSR count). The van der Waals surface area contributed by atoms with Crippen LogP contribution >= 0.6 is 22.5 Å². The Balaban J connectivity index is 1.67. The molecule has 2 aromatic rings. The molecule has 0 amide bonds. The molecule has 0 aromatic heterocycles. The van der Waals surface area contributed by atoms with Crippen LogP contribution in [0.5, 0.6) is 5.75 Å². The van der Waals surface area contributed by atoms with Gasteiger partial charge in [0.15, 0.2) is 0 Å². The number of hydrogen-bond acceptors (Lipinski definition) is 5. The summed E-state index contributed by atoms with van der Waals surface area (Å²) in [6, 6.07) is 13.9. The molecule has 5 atom stereocenters.